The minimum Gasteiger partial charge on any atom is -0.497 e. The Hall–Kier alpha value is -2.49. The predicted molar refractivity (Wildman–Crippen MR) is 88.5 cm³/mol. The van der Waals surface area contributed by atoms with Crippen molar-refractivity contribution in [2.75, 3.05) is 13.7 Å². The molecule has 1 unspecified atom stereocenters. The Labute approximate surface area is 147 Å². The number of benzene rings is 1. The van der Waals surface area contributed by atoms with Crippen LogP contribution in [-0.4, -0.2) is 40.6 Å². The maximum Gasteiger partial charge on any atom is 0.330 e. The van der Waals surface area contributed by atoms with Crippen molar-refractivity contribution < 1.29 is 23.7 Å². The summed E-state index contributed by atoms with van der Waals surface area (Å²) in [5.41, 5.74) is -0.970. The number of nitrogens with zero attached hydrogens (tertiary/aromatic N) is 1. The topological polar surface area (TPSA) is 103 Å². The summed E-state index contributed by atoms with van der Waals surface area (Å²) >= 11 is 0. The zero-order valence-corrected chi connectivity index (χ0v) is 14.1. The largest absolute Gasteiger partial charge is 0.497 e. The van der Waals surface area contributed by atoms with Crippen LogP contribution in [-0.2, 0) is 16.1 Å². The van der Waals surface area contributed by atoms with E-state index in [1.54, 1.807) is 19.2 Å². The summed E-state index contributed by atoms with van der Waals surface area (Å²) < 4.78 is 30.9. The highest BCUT2D eigenvalue weighted by atomic mass is 19.1. The van der Waals surface area contributed by atoms with Crippen LogP contribution in [0.2, 0.25) is 0 Å². The van der Waals surface area contributed by atoms with E-state index in [1.807, 2.05) is 17.1 Å². The number of aliphatic hydroxyl groups excluding tert-OH is 1. The summed E-state index contributed by atoms with van der Waals surface area (Å²) in [6.45, 7) is -0.0412. The van der Waals surface area contributed by atoms with Crippen LogP contribution in [0.5, 0.6) is 5.75 Å². The van der Waals surface area contributed by atoms with Gasteiger partial charge in [-0.05, 0) is 17.7 Å². The third-order valence-corrected chi connectivity index (χ3v) is 4.22. The Balaban J connectivity index is 1.69. The zero-order chi connectivity index (χ0) is 18.7. The van der Waals surface area contributed by atoms with E-state index in [9.17, 15) is 19.1 Å². The monoisotopic (exact) mass is 366 g/mol. The number of H-pyrrole nitrogens is 1. The minimum atomic E-state index is -1.09. The van der Waals surface area contributed by atoms with Gasteiger partial charge in [-0.3, -0.25) is 14.3 Å². The third-order valence-electron chi connectivity index (χ3n) is 4.22. The predicted octanol–water partition coefficient (Wildman–Crippen LogP) is 0.549. The van der Waals surface area contributed by atoms with Crippen LogP contribution in [0, 0.1) is 5.82 Å². The number of rotatable bonds is 6. The average Bonchev–Trinajstić information content (AvgIpc) is 3.06. The van der Waals surface area contributed by atoms with Crippen molar-refractivity contribution in [3.05, 3.63) is 62.7 Å². The molecule has 1 aliphatic heterocycles. The van der Waals surface area contributed by atoms with Crippen molar-refractivity contribution in [2.45, 2.75) is 31.5 Å². The molecule has 2 N–H and O–H groups in total. The molecule has 2 aromatic rings. The molecule has 0 bridgehead atoms. The van der Waals surface area contributed by atoms with Crippen LogP contribution in [0.3, 0.4) is 0 Å². The number of aromatic amines is 1. The van der Waals surface area contributed by atoms with Crippen molar-refractivity contribution in [3.8, 4) is 5.75 Å². The Morgan fingerprint density at radius 3 is 2.73 bits per heavy atom. The summed E-state index contributed by atoms with van der Waals surface area (Å²) in [7, 11) is 1.58. The highest BCUT2D eigenvalue weighted by molar-refractivity contribution is 5.26. The standard InChI is InChI=1S/C17H19FN2O6/c1-24-11-4-2-10(3-5-11)9-25-13-6-15(26-14(13)8-21)20-7-12(18)16(22)19-17(20)23/h2-5,7,13-15,21H,6,8-9H2,1H3,(H,19,22,23)/t13?,14-,15-/m0/s1. The fraction of sp³-hybridized carbons (Fsp3) is 0.412. The molecule has 26 heavy (non-hydrogen) atoms. The molecule has 1 aromatic heterocycles. The molecule has 3 rings (SSSR count). The van der Waals surface area contributed by atoms with E-state index in [4.69, 9.17) is 14.2 Å². The second-order valence-corrected chi connectivity index (χ2v) is 5.89. The Morgan fingerprint density at radius 1 is 1.35 bits per heavy atom. The first-order valence-corrected chi connectivity index (χ1v) is 8.03. The fourth-order valence-electron chi connectivity index (χ4n) is 2.81. The molecule has 140 valence electrons. The van der Waals surface area contributed by atoms with E-state index in [0.29, 0.717) is 0 Å². The number of ether oxygens (including phenoxy) is 3. The average molecular weight is 366 g/mol. The first kappa shape index (κ1) is 18.3. The van der Waals surface area contributed by atoms with Gasteiger partial charge in [-0.2, -0.15) is 4.39 Å². The number of hydrogen-bond donors (Lipinski definition) is 2. The number of methoxy groups -OCH3 is 1. The molecule has 8 nitrogen and oxygen atoms in total. The lowest BCUT2D eigenvalue weighted by atomic mass is 10.1. The summed E-state index contributed by atoms with van der Waals surface area (Å²) in [6, 6.07) is 7.31. The van der Waals surface area contributed by atoms with Gasteiger partial charge in [0.25, 0.3) is 5.56 Å². The highest BCUT2D eigenvalue weighted by Crippen LogP contribution is 2.30. The number of aromatic nitrogens is 2. The van der Waals surface area contributed by atoms with Crippen molar-refractivity contribution in [1.82, 2.24) is 9.55 Å². The van der Waals surface area contributed by atoms with Crippen LogP contribution in [0.1, 0.15) is 18.2 Å². The molecule has 2 heterocycles. The molecule has 3 atom stereocenters. The molecule has 0 aliphatic carbocycles. The molecule has 0 radical (unpaired) electrons. The van der Waals surface area contributed by atoms with E-state index >= 15 is 0 Å². The summed E-state index contributed by atoms with van der Waals surface area (Å²) in [5, 5.41) is 9.49. The Morgan fingerprint density at radius 2 is 2.08 bits per heavy atom. The maximum atomic E-state index is 13.5. The molecule has 1 aromatic carbocycles. The Bertz CT molecular complexity index is 863. The second-order valence-electron chi connectivity index (χ2n) is 5.89. The van der Waals surface area contributed by atoms with Gasteiger partial charge in [-0.1, -0.05) is 12.1 Å². The van der Waals surface area contributed by atoms with Crippen LogP contribution in [0.4, 0.5) is 4.39 Å². The molecular weight excluding hydrogens is 347 g/mol. The van der Waals surface area contributed by atoms with E-state index in [1.165, 1.54) is 0 Å². The minimum absolute atomic E-state index is 0.229. The molecular formula is C17H19FN2O6. The normalized spacial score (nSPS) is 22.5. The number of halogens is 1. The van der Waals surface area contributed by atoms with E-state index in [-0.39, 0.29) is 19.6 Å². The summed E-state index contributed by atoms with van der Waals surface area (Å²) in [4.78, 5) is 24.9. The van der Waals surface area contributed by atoms with Crippen LogP contribution in [0.15, 0.2) is 40.1 Å². The smallest absolute Gasteiger partial charge is 0.330 e. The maximum absolute atomic E-state index is 13.5. The van der Waals surface area contributed by atoms with Gasteiger partial charge in [-0.25, -0.2) is 4.79 Å². The van der Waals surface area contributed by atoms with Gasteiger partial charge < -0.3 is 19.3 Å². The molecule has 9 heteroatoms. The van der Waals surface area contributed by atoms with Gasteiger partial charge in [0.05, 0.1) is 32.6 Å². The van der Waals surface area contributed by atoms with Gasteiger partial charge in [0.2, 0.25) is 5.82 Å². The molecule has 1 fully saturated rings. The Kier molecular flexibility index (Phi) is 5.50. The van der Waals surface area contributed by atoms with Crippen molar-refractivity contribution in [1.29, 1.82) is 0 Å². The SMILES string of the molecule is COc1ccc(COC2C[C@@H](n3cc(F)c(=O)[nH]c3=O)O[C@H]2CO)cc1. The van der Waals surface area contributed by atoms with E-state index < -0.39 is 35.5 Å². The molecule has 0 saturated carbocycles. The number of nitrogens with one attached hydrogen (secondary N) is 1. The van der Waals surface area contributed by atoms with E-state index in [2.05, 4.69) is 0 Å². The van der Waals surface area contributed by atoms with Crippen LogP contribution >= 0.6 is 0 Å². The number of aliphatic hydroxyl groups is 1. The van der Waals surface area contributed by atoms with Crippen LogP contribution in [0.25, 0.3) is 0 Å². The first-order valence-electron chi connectivity index (χ1n) is 8.03. The van der Waals surface area contributed by atoms with Gasteiger partial charge in [0.15, 0.2) is 0 Å². The molecule has 0 amide bonds. The quantitative estimate of drug-likeness (QED) is 0.774. The summed E-state index contributed by atoms with van der Waals surface area (Å²) in [5.74, 6) is -0.359. The lowest BCUT2D eigenvalue weighted by Gasteiger charge is -2.16. The summed E-state index contributed by atoms with van der Waals surface area (Å²) in [6.07, 6.45) is -0.972. The zero-order valence-electron chi connectivity index (χ0n) is 14.1. The van der Waals surface area contributed by atoms with Gasteiger partial charge in [0.1, 0.15) is 18.1 Å². The third kappa shape index (κ3) is 3.85. The molecule has 1 aliphatic rings. The van der Waals surface area contributed by atoms with Gasteiger partial charge in [0, 0.05) is 6.42 Å². The van der Waals surface area contributed by atoms with Crippen molar-refractivity contribution in [3.63, 3.8) is 0 Å². The number of hydrogen-bond acceptors (Lipinski definition) is 6. The van der Waals surface area contributed by atoms with Gasteiger partial charge in [-0.15, -0.1) is 0 Å². The first-order chi connectivity index (χ1) is 12.5. The lowest BCUT2D eigenvalue weighted by molar-refractivity contribution is -0.0659. The molecule has 1 saturated heterocycles. The lowest BCUT2D eigenvalue weighted by Crippen LogP contribution is -2.34. The fourth-order valence-corrected chi connectivity index (χ4v) is 2.81. The van der Waals surface area contributed by atoms with Crippen LogP contribution < -0.4 is 16.0 Å². The van der Waals surface area contributed by atoms with Crippen molar-refractivity contribution in [2.24, 2.45) is 0 Å². The van der Waals surface area contributed by atoms with E-state index in [0.717, 1.165) is 22.1 Å². The molecule has 0 spiro atoms. The second kappa shape index (κ2) is 7.81. The highest BCUT2D eigenvalue weighted by Gasteiger charge is 2.37. The van der Waals surface area contributed by atoms with Gasteiger partial charge >= 0.3 is 5.69 Å². The van der Waals surface area contributed by atoms with Crippen molar-refractivity contribution >= 4 is 0 Å².